The predicted octanol–water partition coefficient (Wildman–Crippen LogP) is 4.92. The van der Waals surface area contributed by atoms with Crippen molar-refractivity contribution in [3.05, 3.63) is 66.6 Å². The van der Waals surface area contributed by atoms with Gasteiger partial charge in [0.05, 0.1) is 28.7 Å². The smallest absolute Gasteiger partial charge is 0.171 e. The minimum Gasteiger partial charge on any atom is -0.497 e. The van der Waals surface area contributed by atoms with E-state index in [2.05, 4.69) is 15.0 Å². The molecule has 0 bridgehead atoms. The van der Waals surface area contributed by atoms with Crippen molar-refractivity contribution in [2.24, 2.45) is 0 Å². The van der Waals surface area contributed by atoms with E-state index in [1.165, 1.54) is 17.8 Å². The molecule has 0 fully saturated rings. The van der Waals surface area contributed by atoms with Gasteiger partial charge in [-0.2, -0.15) is 0 Å². The van der Waals surface area contributed by atoms with Crippen LogP contribution in [0.15, 0.2) is 70.8 Å². The number of imidazole rings is 1. The normalized spacial score (nSPS) is 11.0. The Morgan fingerprint density at radius 2 is 1.96 bits per heavy atom. The summed E-state index contributed by atoms with van der Waals surface area (Å²) in [4.78, 5) is 12.6. The van der Waals surface area contributed by atoms with E-state index in [-0.39, 0.29) is 5.82 Å². The lowest BCUT2D eigenvalue weighted by Crippen LogP contribution is -1.92. The summed E-state index contributed by atoms with van der Waals surface area (Å²) < 4.78 is 19.8. The molecule has 2 aromatic heterocycles. The van der Waals surface area contributed by atoms with Crippen LogP contribution in [0.3, 0.4) is 0 Å². The molecule has 4 aromatic rings. The molecule has 2 heterocycles. The highest BCUT2D eigenvalue weighted by molar-refractivity contribution is 7.99. The van der Waals surface area contributed by atoms with Gasteiger partial charge in [-0.05, 0) is 36.0 Å². The molecule has 0 spiro atoms. The van der Waals surface area contributed by atoms with E-state index in [0.717, 1.165) is 11.0 Å². The molecule has 4 nitrogen and oxygen atoms in total. The maximum atomic E-state index is 14.5. The highest BCUT2D eigenvalue weighted by Gasteiger charge is 2.15. The molecule has 0 aliphatic heterocycles. The minimum absolute atomic E-state index is 0.312. The number of rotatable bonds is 4. The number of halogens is 1. The molecule has 0 saturated heterocycles. The number of aromatic amines is 1. The number of hydrogen-bond acceptors (Lipinski definition) is 4. The van der Waals surface area contributed by atoms with Crippen LogP contribution >= 0.6 is 11.8 Å². The molecule has 1 N–H and O–H groups in total. The standard InChI is InChI=1S/C19H14FN3OS/c1-24-12-9-10-21-17(11-12)13-5-4-6-14(20)18(13)25-19-22-15-7-2-3-8-16(15)23-19/h2-11H,1H3,(H,22,23). The molecule has 0 aliphatic carbocycles. The van der Waals surface area contributed by atoms with Gasteiger partial charge in [0.1, 0.15) is 11.6 Å². The second kappa shape index (κ2) is 6.57. The average molecular weight is 351 g/mol. The quantitative estimate of drug-likeness (QED) is 0.567. The topological polar surface area (TPSA) is 50.8 Å². The number of methoxy groups -OCH3 is 1. The molecular weight excluding hydrogens is 337 g/mol. The maximum absolute atomic E-state index is 14.5. The molecule has 2 aromatic carbocycles. The molecule has 0 atom stereocenters. The number of H-pyrrole nitrogens is 1. The molecule has 0 unspecified atom stereocenters. The van der Waals surface area contributed by atoms with E-state index in [4.69, 9.17) is 4.74 Å². The number of nitrogens with zero attached hydrogens (tertiary/aromatic N) is 2. The van der Waals surface area contributed by atoms with Gasteiger partial charge in [0.2, 0.25) is 0 Å². The zero-order valence-corrected chi connectivity index (χ0v) is 14.2. The summed E-state index contributed by atoms with van der Waals surface area (Å²) in [6.07, 6.45) is 1.65. The van der Waals surface area contributed by atoms with Crippen molar-refractivity contribution >= 4 is 22.8 Å². The van der Waals surface area contributed by atoms with Gasteiger partial charge >= 0.3 is 0 Å². The predicted molar refractivity (Wildman–Crippen MR) is 96.4 cm³/mol. The Bertz CT molecular complexity index is 1010. The number of para-hydroxylation sites is 2. The number of fused-ring (bicyclic) bond motifs is 1. The molecular formula is C19H14FN3OS. The van der Waals surface area contributed by atoms with E-state index in [9.17, 15) is 4.39 Å². The molecule has 0 amide bonds. The average Bonchev–Trinajstić information content (AvgIpc) is 3.06. The van der Waals surface area contributed by atoms with Crippen molar-refractivity contribution in [3.8, 4) is 17.0 Å². The lowest BCUT2D eigenvalue weighted by molar-refractivity contribution is 0.414. The zero-order chi connectivity index (χ0) is 17.2. The summed E-state index contributed by atoms with van der Waals surface area (Å²) in [7, 11) is 1.59. The highest BCUT2D eigenvalue weighted by Crippen LogP contribution is 2.37. The molecule has 124 valence electrons. The molecule has 0 radical (unpaired) electrons. The van der Waals surface area contributed by atoms with Gasteiger partial charge in [-0.25, -0.2) is 9.37 Å². The number of nitrogens with one attached hydrogen (secondary N) is 1. The highest BCUT2D eigenvalue weighted by atomic mass is 32.2. The first-order valence-electron chi connectivity index (χ1n) is 7.66. The van der Waals surface area contributed by atoms with Crippen LogP contribution in [0.4, 0.5) is 4.39 Å². The molecule has 0 saturated carbocycles. The van der Waals surface area contributed by atoms with Crippen molar-refractivity contribution in [1.82, 2.24) is 15.0 Å². The third-order valence-electron chi connectivity index (χ3n) is 3.78. The van der Waals surface area contributed by atoms with Gasteiger partial charge in [0.15, 0.2) is 5.16 Å². The van der Waals surface area contributed by atoms with Crippen LogP contribution in [0.2, 0.25) is 0 Å². The van der Waals surface area contributed by atoms with Crippen LogP contribution in [0.25, 0.3) is 22.3 Å². The molecule has 25 heavy (non-hydrogen) atoms. The van der Waals surface area contributed by atoms with E-state index in [1.54, 1.807) is 31.5 Å². The monoisotopic (exact) mass is 351 g/mol. The summed E-state index contributed by atoms with van der Waals surface area (Å²) in [5.41, 5.74) is 3.12. The van der Waals surface area contributed by atoms with Gasteiger partial charge < -0.3 is 9.72 Å². The lowest BCUT2D eigenvalue weighted by Gasteiger charge is -2.09. The van der Waals surface area contributed by atoms with Crippen LogP contribution in [0.5, 0.6) is 5.75 Å². The number of ether oxygens (including phenoxy) is 1. The SMILES string of the molecule is COc1ccnc(-c2cccc(F)c2Sc2nc3ccccc3[nH]2)c1. The van der Waals surface area contributed by atoms with Gasteiger partial charge in [-0.1, -0.05) is 24.3 Å². The summed E-state index contributed by atoms with van der Waals surface area (Å²) >= 11 is 1.25. The van der Waals surface area contributed by atoms with Crippen molar-refractivity contribution < 1.29 is 9.13 Å². The lowest BCUT2D eigenvalue weighted by atomic mass is 10.1. The molecule has 4 rings (SSSR count). The van der Waals surface area contributed by atoms with E-state index in [0.29, 0.717) is 27.1 Å². The van der Waals surface area contributed by atoms with Crippen LogP contribution in [-0.4, -0.2) is 22.1 Å². The Morgan fingerprint density at radius 3 is 2.80 bits per heavy atom. The zero-order valence-electron chi connectivity index (χ0n) is 13.4. The summed E-state index contributed by atoms with van der Waals surface area (Å²) in [5.74, 6) is 0.363. The summed E-state index contributed by atoms with van der Waals surface area (Å²) in [6, 6.07) is 16.2. The van der Waals surface area contributed by atoms with E-state index < -0.39 is 0 Å². The van der Waals surface area contributed by atoms with Crippen molar-refractivity contribution in [2.75, 3.05) is 7.11 Å². The van der Waals surface area contributed by atoms with Crippen LogP contribution in [-0.2, 0) is 0 Å². The van der Waals surface area contributed by atoms with Gasteiger partial charge in [-0.15, -0.1) is 0 Å². The fourth-order valence-corrected chi connectivity index (χ4v) is 3.52. The Hall–Kier alpha value is -2.86. The second-order valence-corrected chi connectivity index (χ2v) is 6.36. The number of pyridine rings is 1. The number of hydrogen-bond donors (Lipinski definition) is 1. The van der Waals surface area contributed by atoms with E-state index in [1.807, 2.05) is 30.3 Å². The van der Waals surface area contributed by atoms with Gasteiger partial charge in [0.25, 0.3) is 0 Å². The third-order valence-corrected chi connectivity index (χ3v) is 4.78. The van der Waals surface area contributed by atoms with Crippen molar-refractivity contribution in [3.63, 3.8) is 0 Å². The fourth-order valence-electron chi connectivity index (χ4n) is 2.57. The molecule has 6 heteroatoms. The number of aromatic nitrogens is 3. The van der Waals surface area contributed by atoms with Gasteiger partial charge in [-0.3, -0.25) is 4.98 Å². The largest absolute Gasteiger partial charge is 0.497 e. The van der Waals surface area contributed by atoms with Gasteiger partial charge in [0, 0.05) is 17.8 Å². The van der Waals surface area contributed by atoms with E-state index >= 15 is 0 Å². The Kier molecular flexibility index (Phi) is 4.11. The Labute approximate surface area is 148 Å². The molecule has 0 aliphatic rings. The fraction of sp³-hybridized carbons (Fsp3) is 0.0526. The van der Waals surface area contributed by atoms with Crippen LogP contribution < -0.4 is 4.74 Å². The summed E-state index contributed by atoms with van der Waals surface area (Å²) in [5, 5.41) is 0.635. The maximum Gasteiger partial charge on any atom is 0.171 e. The Morgan fingerprint density at radius 1 is 1.08 bits per heavy atom. The number of benzene rings is 2. The van der Waals surface area contributed by atoms with Crippen LogP contribution in [0.1, 0.15) is 0 Å². The first-order chi connectivity index (χ1) is 12.2. The van der Waals surface area contributed by atoms with Crippen LogP contribution in [0, 0.1) is 5.82 Å². The summed E-state index contributed by atoms with van der Waals surface area (Å²) in [6.45, 7) is 0. The first-order valence-corrected chi connectivity index (χ1v) is 8.48. The van der Waals surface area contributed by atoms with Crippen molar-refractivity contribution in [2.45, 2.75) is 10.1 Å². The Balaban J connectivity index is 1.78. The third kappa shape index (κ3) is 3.08. The van der Waals surface area contributed by atoms with Crippen molar-refractivity contribution in [1.29, 1.82) is 0 Å². The minimum atomic E-state index is -0.312. The second-order valence-electron chi connectivity index (χ2n) is 5.36. The first kappa shape index (κ1) is 15.7.